The fraction of sp³-hybridized carbons (Fsp3) is 0.667. The molecule has 3 rings (SSSR count). The maximum absolute atomic E-state index is 12.7. The molecule has 2 aliphatic heterocycles. The summed E-state index contributed by atoms with van der Waals surface area (Å²) in [6, 6.07) is 8.31. The molecule has 0 aromatic heterocycles. The minimum absolute atomic E-state index is 0.0424. The zero-order valence-corrected chi connectivity index (χ0v) is 17.8. The van der Waals surface area contributed by atoms with Gasteiger partial charge >= 0.3 is 6.03 Å². The fourth-order valence-electron chi connectivity index (χ4n) is 4.02. The van der Waals surface area contributed by atoms with Gasteiger partial charge < -0.3 is 19.9 Å². The van der Waals surface area contributed by atoms with E-state index in [0.29, 0.717) is 31.6 Å². The molecule has 6 nitrogen and oxygen atoms in total. The number of para-hydroxylation sites is 1. The largest absolute Gasteiger partial charge is 0.379 e. The van der Waals surface area contributed by atoms with Crippen LogP contribution in [0.3, 0.4) is 0 Å². The van der Waals surface area contributed by atoms with Gasteiger partial charge in [-0.15, -0.1) is 0 Å². The highest BCUT2D eigenvalue weighted by Crippen LogP contribution is 2.26. The average molecular weight is 409 g/mol. The Morgan fingerprint density at radius 1 is 1.11 bits per heavy atom. The minimum Gasteiger partial charge on any atom is -0.379 e. The topological polar surface area (TPSA) is 48.1 Å². The molecule has 0 radical (unpaired) electrons. The van der Waals surface area contributed by atoms with E-state index < -0.39 is 0 Å². The number of rotatable bonds is 6. The number of halogens is 1. The first-order valence-electron chi connectivity index (χ1n) is 10.4. The summed E-state index contributed by atoms with van der Waals surface area (Å²) in [6.07, 6.45) is 1.08. The lowest BCUT2D eigenvalue weighted by Crippen LogP contribution is -2.55. The molecule has 2 heterocycles. The number of carbonyl (C=O) groups excluding carboxylic acids is 1. The number of urea groups is 1. The van der Waals surface area contributed by atoms with Crippen molar-refractivity contribution in [2.45, 2.75) is 26.3 Å². The van der Waals surface area contributed by atoms with Gasteiger partial charge in [0.1, 0.15) is 0 Å². The average Bonchev–Trinajstić information content (AvgIpc) is 2.72. The Kier molecular flexibility index (Phi) is 7.82. The zero-order chi connectivity index (χ0) is 19.9. The minimum atomic E-state index is 0.0424. The van der Waals surface area contributed by atoms with E-state index in [1.807, 2.05) is 29.2 Å². The molecular weight excluding hydrogens is 376 g/mol. The smallest absolute Gasteiger partial charge is 0.317 e. The summed E-state index contributed by atoms with van der Waals surface area (Å²) in [6.45, 7) is 11.7. The van der Waals surface area contributed by atoms with Gasteiger partial charge in [0, 0.05) is 51.9 Å². The van der Waals surface area contributed by atoms with Crippen LogP contribution in [0.5, 0.6) is 0 Å². The number of carbonyl (C=O) groups is 1. The normalized spacial score (nSPS) is 19.7. The summed E-state index contributed by atoms with van der Waals surface area (Å²) in [5.41, 5.74) is 1.05. The van der Waals surface area contributed by atoms with E-state index in [9.17, 15) is 4.79 Å². The lowest BCUT2D eigenvalue weighted by atomic mass is 10.0. The van der Waals surface area contributed by atoms with Gasteiger partial charge in [0.15, 0.2) is 0 Å². The van der Waals surface area contributed by atoms with Crippen LogP contribution >= 0.6 is 11.6 Å². The molecule has 1 aromatic carbocycles. The quantitative estimate of drug-likeness (QED) is 0.786. The van der Waals surface area contributed by atoms with Crippen molar-refractivity contribution in [3.05, 3.63) is 29.3 Å². The first kappa shape index (κ1) is 21.2. The third kappa shape index (κ3) is 5.75. The first-order valence-corrected chi connectivity index (χ1v) is 10.8. The van der Waals surface area contributed by atoms with Crippen molar-refractivity contribution in [2.75, 3.05) is 63.9 Å². The number of hydrogen-bond acceptors (Lipinski definition) is 4. The van der Waals surface area contributed by atoms with Gasteiger partial charge in [-0.05, 0) is 24.5 Å². The van der Waals surface area contributed by atoms with E-state index >= 15 is 0 Å². The number of ether oxygens (including phenoxy) is 1. The van der Waals surface area contributed by atoms with Gasteiger partial charge in [-0.3, -0.25) is 4.90 Å². The van der Waals surface area contributed by atoms with Crippen LogP contribution < -0.4 is 10.2 Å². The zero-order valence-electron chi connectivity index (χ0n) is 17.1. The molecule has 0 bridgehead atoms. The molecule has 2 aliphatic rings. The van der Waals surface area contributed by atoms with Crippen LogP contribution in [-0.2, 0) is 4.74 Å². The van der Waals surface area contributed by atoms with Crippen LogP contribution in [0.15, 0.2) is 24.3 Å². The van der Waals surface area contributed by atoms with E-state index in [0.717, 1.165) is 56.5 Å². The summed E-state index contributed by atoms with van der Waals surface area (Å²) in [5.74, 6) is 0.601. The van der Waals surface area contributed by atoms with Crippen molar-refractivity contribution in [2.24, 2.45) is 5.92 Å². The summed E-state index contributed by atoms with van der Waals surface area (Å²) < 4.78 is 5.48. The van der Waals surface area contributed by atoms with Gasteiger partial charge in [-0.2, -0.15) is 0 Å². The molecule has 28 heavy (non-hydrogen) atoms. The Morgan fingerprint density at radius 2 is 1.79 bits per heavy atom. The number of nitrogens with one attached hydrogen (secondary N) is 1. The second-order valence-corrected chi connectivity index (χ2v) is 8.45. The van der Waals surface area contributed by atoms with Crippen LogP contribution in [0.2, 0.25) is 5.02 Å². The van der Waals surface area contributed by atoms with Crippen LogP contribution in [0.1, 0.15) is 20.3 Å². The van der Waals surface area contributed by atoms with Gasteiger partial charge in [0.25, 0.3) is 0 Å². The van der Waals surface area contributed by atoms with Crippen molar-refractivity contribution in [1.82, 2.24) is 15.1 Å². The van der Waals surface area contributed by atoms with Crippen molar-refractivity contribution < 1.29 is 9.53 Å². The fourth-order valence-corrected chi connectivity index (χ4v) is 4.28. The number of morpholine rings is 1. The van der Waals surface area contributed by atoms with Crippen LogP contribution in [0.4, 0.5) is 10.5 Å². The molecule has 1 aromatic rings. The Bertz CT molecular complexity index is 629. The van der Waals surface area contributed by atoms with Crippen molar-refractivity contribution in [3.8, 4) is 0 Å². The van der Waals surface area contributed by atoms with Crippen LogP contribution in [0, 0.1) is 5.92 Å². The first-order chi connectivity index (χ1) is 13.5. The molecular formula is C21H33ClN4O2. The Morgan fingerprint density at radius 3 is 2.43 bits per heavy atom. The number of benzene rings is 1. The molecule has 0 spiro atoms. The molecule has 2 amide bonds. The van der Waals surface area contributed by atoms with Gasteiger partial charge in [-0.1, -0.05) is 37.6 Å². The summed E-state index contributed by atoms with van der Waals surface area (Å²) >= 11 is 6.31. The maximum atomic E-state index is 12.7. The standard InChI is InChI=1S/C21H33ClN4O2/c1-17(2)15-18(24-11-13-28-14-12-24)16-23-21(27)26-9-7-25(8-10-26)20-6-4-3-5-19(20)22/h3-6,17-18H,7-16H2,1-2H3,(H,23,27)/t18-/m1/s1. The molecule has 2 fully saturated rings. The molecule has 1 N–H and O–H groups in total. The van der Waals surface area contributed by atoms with Gasteiger partial charge in [-0.25, -0.2) is 4.79 Å². The Hall–Kier alpha value is -1.50. The SMILES string of the molecule is CC(C)C[C@H](CNC(=O)N1CCN(c2ccccc2Cl)CC1)N1CCOCC1. The van der Waals surface area contributed by atoms with E-state index in [1.165, 1.54) is 0 Å². The molecule has 0 unspecified atom stereocenters. The Labute approximate surface area is 173 Å². The molecule has 156 valence electrons. The lowest BCUT2D eigenvalue weighted by molar-refractivity contribution is 0.0127. The van der Waals surface area contributed by atoms with E-state index in [1.54, 1.807) is 0 Å². The van der Waals surface area contributed by atoms with Gasteiger partial charge in [0.2, 0.25) is 0 Å². The number of nitrogens with zero attached hydrogens (tertiary/aromatic N) is 3. The van der Waals surface area contributed by atoms with Gasteiger partial charge in [0.05, 0.1) is 23.9 Å². The number of amides is 2. The molecule has 0 saturated carbocycles. The van der Waals surface area contributed by atoms with Crippen molar-refractivity contribution in [3.63, 3.8) is 0 Å². The highest BCUT2D eigenvalue weighted by atomic mass is 35.5. The summed E-state index contributed by atoms with van der Waals surface area (Å²) in [5, 5.41) is 3.95. The molecule has 7 heteroatoms. The predicted octanol–water partition coefficient (Wildman–Crippen LogP) is 2.92. The highest BCUT2D eigenvalue weighted by molar-refractivity contribution is 6.33. The summed E-state index contributed by atoms with van der Waals surface area (Å²) in [7, 11) is 0. The van der Waals surface area contributed by atoms with Crippen LogP contribution in [0.25, 0.3) is 0 Å². The summed E-state index contributed by atoms with van der Waals surface area (Å²) in [4.78, 5) is 19.3. The van der Waals surface area contributed by atoms with E-state index in [2.05, 4.69) is 29.0 Å². The van der Waals surface area contributed by atoms with E-state index in [-0.39, 0.29) is 6.03 Å². The monoisotopic (exact) mass is 408 g/mol. The second kappa shape index (κ2) is 10.3. The third-order valence-corrected chi connectivity index (χ3v) is 5.87. The number of piperazine rings is 1. The maximum Gasteiger partial charge on any atom is 0.317 e. The molecule has 2 saturated heterocycles. The van der Waals surface area contributed by atoms with Crippen LogP contribution in [-0.4, -0.2) is 80.9 Å². The number of anilines is 1. The van der Waals surface area contributed by atoms with E-state index in [4.69, 9.17) is 16.3 Å². The third-order valence-electron chi connectivity index (χ3n) is 5.55. The predicted molar refractivity (Wildman–Crippen MR) is 114 cm³/mol. The lowest BCUT2D eigenvalue weighted by Gasteiger charge is -2.38. The number of hydrogen-bond donors (Lipinski definition) is 1. The highest BCUT2D eigenvalue weighted by Gasteiger charge is 2.25. The van der Waals surface area contributed by atoms with Crippen molar-refractivity contribution in [1.29, 1.82) is 0 Å². The van der Waals surface area contributed by atoms with Crippen molar-refractivity contribution >= 4 is 23.3 Å². The Balaban J connectivity index is 1.48. The molecule has 0 aliphatic carbocycles. The molecule has 1 atom stereocenters. The second-order valence-electron chi connectivity index (χ2n) is 8.04.